The van der Waals surface area contributed by atoms with Crippen LogP contribution in [0.2, 0.25) is 0 Å². The zero-order valence-corrected chi connectivity index (χ0v) is 16.0. The predicted molar refractivity (Wildman–Crippen MR) is 105 cm³/mol. The van der Waals surface area contributed by atoms with E-state index in [2.05, 4.69) is 43.4 Å². The van der Waals surface area contributed by atoms with Crippen LogP contribution in [-0.4, -0.2) is 22.2 Å². The van der Waals surface area contributed by atoms with Crippen molar-refractivity contribution in [2.24, 2.45) is 0 Å². The molecule has 144 valence electrons. The first kappa shape index (κ1) is 25.4. The Morgan fingerprint density at radius 3 is 1.68 bits per heavy atom. The van der Waals surface area contributed by atoms with E-state index in [1.54, 1.807) is 6.92 Å². The van der Waals surface area contributed by atoms with Crippen LogP contribution in [0, 0.1) is 0 Å². The van der Waals surface area contributed by atoms with Crippen molar-refractivity contribution in [1.29, 1.82) is 0 Å². The van der Waals surface area contributed by atoms with E-state index >= 15 is 0 Å². The lowest BCUT2D eigenvalue weighted by Gasteiger charge is -1.98. The second-order valence-corrected chi connectivity index (χ2v) is 5.74. The van der Waals surface area contributed by atoms with Gasteiger partial charge in [0.2, 0.25) is 0 Å². The molecule has 0 rings (SSSR count). The molecule has 0 aliphatic rings. The van der Waals surface area contributed by atoms with Crippen LogP contribution in [0.25, 0.3) is 0 Å². The van der Waals surface area contributed by atoms with E-state index in [1.165, 1.54) is 12.8 Å². The minimum atomic E-state index is -0.745. The van der Waals surface area contributed by atoms with Gasteiger partial charge >= 0.3 is 11.9 Å². The standard InChI is InChI=1S/C18H30O2.C3H6O2/c1-2-3-4-5-6-7-8-9-10-11-12-13-14-15-16-17-18(19)20;1-2-3(4)5/h3-4,6-7,9-10H,2,5,8,11-17H2,1H3,(H,19,20);2H2,1H3,(H,4,5)/b4-3-,7-6-,10-9-;. The Kier molecular flexibility index (Phi) is 22.5. The Morgan fingerprint density at radius 1 is 0.680 bits per heavy atom. The fourth-order valence-corrected chi connectivity index (χ4v) is 1.90. The molecule has 0 radical (unpaired) electrons. The number of carboxylic acids is 2. The lowest BCUT2D eigenvalue weighted by molar-refractivity contribution is -0.137. The molecule has 0 saturated carbocycles. The van der Waals surface area contributed by atoms with E-state index in [1.807, 2.05) is 0 Å². The Bertz CT molecular complexity index is 395. The third-order valence-corrected chi connectivity index (χ3v) is 3.34. The van der Waals surface area contributed by atoms with Gasteiger partial charge in [0, 0.05) is 12.8 Å². The molecule has 0 amide bonds. The maximum Gasteiger partial charge on any atom is 0.303 e. The van der Waals surface area contributed by atoms with Crippen LogP contribution in [-0.2, 0) is 9.59 Å². The Hall–Kier alpha value is -1.84. The molecule has 2 N–H and O–H groups in total. The van der Waals surface area contributed by atoms with Crippen LogP contribution in [0.1, 0.15) is 84.5 Å². The molecule has 0 atom stereocenters. The van der Waals surface area contributed by atoms with Crippen LogP contribution >= 0.6 is 0 Å². The number of unbranched alkanes of at least 4 members (excludes halogenated alkanes) is 5. The highest BCUT2D eigenvalue weighted by molar-refractivity contribution is 5.66. The SMILES string of the molecule is CC/C=C\C/C=C\C/C=C\CCCCCCCC(=O)O.CCC(=O)O. The van der Waals surface area contributed by atoms with Gasteiger partial charge in [-0.15, -0.1) is 0 Å². The van der Waals surface area contributed by atoms with Gasteiger partial charge in [-0.2, -0.15) is 0 Å². The van der Waals surface area contributed by atoms with E-state index < -0.39 is 11.9 Å². The maximum absolute atomic E-state index is 10.3. The van der Waals surface area contributed by atoms with Crippen molar-refractivity contribution in [2.45, 2.75) is 84.5 Å². The number of hydrogen-bond acceptors (Lipinski definition) is 2. The summed E-state index contributed by atoms with van der Waals surface area (Å²) in [5.41, 5.74) is 0. The number of allylic oxidation sites excluding steroid dienone is 6. The number of aliphatic carboxylic acids is 2. The monoisotopic (exact) mass is 352 g/mol. The Balaban J connectivity index is 0. The summed E-state index contributed by atoms with van der Waals surface area (Å²) in [7, 11) is 0. The summed E-state index contributed by atoms with van der Waals surface area (Å²) in [6, 6.07) is 0. The summed E-state index contributed by atoms with van der Waals surface area (Å²) in [6.07, 6.45) is 23.6. The van der Waals surface area contributed by atoms with Gasteiger partial charge in [-0.25, -0.2) is 0 Å². The maximum atomic E-state index is 10.3. The normalized spacial score (nSPS) is 11.1. The van der Waals surface area contributed by atoms with Crippen LogP contribution in [0.5, 0.6) is 0 Å². The quantitative estimate of drug-likeness (QED) is 0.291. The second kappa shape index (κ2) is 22.2. The summed E-state index contributed by atoms with van der Waals surface area (Å²) in [6.45, 7) is 3.75. The molecular weight excluding hydrogens is 316 g/mol. The zero-order chi connectivity index (χ0) is 19.2. The summed E-state index contributed by atoms with van der Waals surface area (Å²) in [4.78, 5) is 19.7. The number of rotatable bonds is 14. The smallest absolute Gasteiger partial charge is 0.303 e. The van der Waals surface area contributed by atoms with Crippen molar-refractivity contribution in [2.75, 3.05) is 0 Å². The first-order valence-electron chi connectivity index (χ1n) is 9.43. The first-order chi connectivity index (χ1) is 12.0. The average molecular weight is 353 g/mol. The molecule has 0 aromatic rings. The fourth-order valence-electron chi connectivity index (χ4n) is 1.90. The molecule has 0 heterocycles. The number of carbonyl (C=O) groups is 2. The predicted octanol–water partition coefficient (Wildman–Crippen LogP) is 6.14. The van der Waals surface area contributed by atoms with E-state index in [4.69, 9.17) is 10.2 Å². The molecule has 0 bridgehead atoms. The third-order valence-electron chi connectivity index (χ3n) is 3.34. The van der Waals surface area contributed by atoms with Crippen molar-refractivity contribution in [3.8, 4) is 0 Å². The molecule has 0 unspecified atom stereocenters. The molecule has 0 aromatic heterocycles. The molecule has 4 heteroatoms. The minimum Gasteiger partial charge on any atom is -0.481 e. The van der Waals surface area contributed by atoms with E-state index in [0.29, 0.717) is 6.42 Å². The van der Waals surface area contributed by atoms with Gasteiger partial charge in [0.15, 0.2) is 0 Å². The molecular formula is C21H36O4. The lowest BCUT2D eigenvalue weighted by Crippen LogP contribution is -1.93. The van der Waals surface area contributed by atoms with E-state index in [0.717, 1.165) is 44.9 Å². The topological polar surface area (TPSA) is 74.6 Å². The Labute approximate surface area is 153 Å². The highest BCUT2D eigenvalue weighted by atomic mass is 16.4. The van der Waals surface area contributed by atoms with E-state index in [9.17, 15) is 9.59 Å². The molecule has 0 spiro atoms. The minimum absolute atomic E-state index is 0.222. The summed E-state index contributed by atoms with van der Waals surface area (Å²) >= 11 is 0. The number of hydrogen-bond donors (Lipinski definition) is 2. The van der Waals surface area contributed by atoms with Crippen molar-refractivity contribution in [3.05, 3.63) is 36.5 Å². The summed E-state index contributed by atoms with van der Waals surface area (Å²) in [5, 5.41) is 16.2. The van der Waals surface area contributed by atoms with Gasteiger partial charge < -0.3 is 10.2 Å². The fraction of sp³-hybridized carbons (Fsp3) is 0.619. The zero-order valence-electron chi connectivity index (χ0n) is 16.0. The van der Waals surface area contributed by atoms with Gasteiger partial charge in [0.05, 0.1) is 0 Å². The van der Waals surface area contributed by atoms with Crippen LogP contribution in [0.15, 0.2) is 36.5 Å². The third kappa shape index (κ3) is 30.6. The summed E-state index contributed by atoms with van der Waals surface area (Å²) < 4.78 is 0. The van der Waals surface area contributed by atoms with Crippen molar-refractivity contribution >= 4 is 11.9 Å². The van der Waals surface area contributed by atoms with Gasteiger partial charge in [-0.1, -0.05) is 69.6 Å². The second-order valence-electron chi connectivity index (χ2n) is 5.74. The Morgan fingerprint density at radius 2 is 1.16 bits per heavy atom. The van der Waals surface area contributed by atoms with Gasteiger partial charge in [0.25, 0.3) is 0 Å². The summed E-state index contributed by atoms with van der Waals surface area (Å²) in [5.74, 6) is -1.42. The van der Waals surface area contributed by atoms with Gasteiger partial charge in [-0.05, 0) is 38.5 Å². The first-order valence-corrected chi connectivity index (χ1v) is 9.43. The highest BCUT2D eigenvalue weighted by Gasteiger charge is 1.95. The highest BCUT2D eigenvalue weighted by Crippen LogP contribution is 2.07. The molecule has 0 aliphatic heterocycles. The van der Waals surface area contributed by atoms with Crippen molar-refractivity contribution < 1.29 is 19.8 Å². The van der Waals surface area contributed by atoms with Crippen LogP contribution in [0.4, 0.5) is 0 Å². The molecule has 0 aromatic carbocycles. The van der Waals surface area contributed by atoms with Crippen LogP contribution < -0.4 is 0 Å². The molecule has 0 aliphatic carbocycles. The number of carboxylic acid groups (broad SMARTS) is 2. The van der Waals surface area contributed by atoms with Crippen LogP contribution in [0.3, 0.4) is 0 Å². The molecule has 0 fully saturated rings. The van der Waals surface area contributed by atoms with Crippen molar-refractivity contribution in [1.82, 2.24) is 0 Å². The molecule has 4 nitrogen and oxygen atoms in total. The average Bonchev–Trinajstić information content (AvgIpc) is 2.58. The van der Waals surface area contributed by atoms with Gasteiger partial charge in [0.1, 0.15) is 0 Å². The van der Waals surface area contributed by atoms with Gasteiger partial charge in [-0.3, -0.25) is 9.59 Å². The van der Waals surface area contributed by atoms with E-state index in [-0.39, 0.29) is 6.42 Å². The van der Waals surface area contributed by atoms with Crippen molar-refractivity contribution in [3.63, 3.8) is 0 Å². The lowest BCUT2D eigenvalue weighted by atomic mass is 10.1. The molecule has 0 saturated heterocycles. The molecule has 25 heavy (non-hydrogen) atoms. The largest absolute Gasteiger partial charge is 0.481 e.